The fourth-order valence-electron chi connectivity index (χ4n) is 1.45. The molecule has 0 fully saturated rings. The third-order valence-electron chi connectivity index (χ3n) is 2.33. The van der Waals surface area contributed by atoms with Gasteiger partial charge in [0.05, 0.1) is 0 Å². The number of aromatic amines is 1. The van der Waals surface area contributed by atoms with Crippen LogP contribution in [0.2, 0.25) is 0 Å². The number of likely N-dealkylation sites (N-methyl/N-ethyl adjacent to an activating group) is 1. The number of H-pyrrole nitrogens is 1. The highest BCUT2D eigenvalue weighted by Crippen LogP contribution is 2.15. The molecule has 0 aliphatic heterocycles. The van der Waals surface area contributed by atoms with Crippen LogP contribution < -0.4 is 5.32 Å². The summed E-state index contributed by atoms with van der Waals surface area (Å²) in [5, 5.41) is 13.5. The highest BCUT2D eigenvalue weighted by atomic mass is 15.3. The van der Waals surface area contributed by atoms with Gasteiger partial charge < -0.3 is 5.32 Å². The minimum absolute atomic E-state index is 0.884. The molecule has 1 aromatic carbocycles. The lowest BCUT2D eigenvalue weighted by molar-refractivity contribution is 0.792. The van der Waals surface area contributed by atoms with Crippen molar-refractivity contribution in [1.82, 2.24) is 20.7 Å². The standard InChI is InChI=1S/C11H14N4/c1-12-7-6-9-2-4-10(5-3-9)11-8-13-15-14-11/h2-5,8,12H,6-7H2,1H3,(H,13,14,15). The van der Waals surface area contributed by atoms with E-state index in [0.29, 0.717) is 0 Å². The highest BCUT2D eigenvalue weighted by molar-refractivity contribution is 5.57. The van der Waals surface area contributed by atoms with Crippen molar-refractivity contribution in [1.29, 1.82) is 0 Å². The molecular weight excluding hydrogens is 188 g/mol. The van der Waals surface area contributed by atoms with Crippen molar-refractivity contribution in [3.8, 4) is 11.3 Å². The molecule has 4 heteroatoms. The smallest absolute Gasteiger partial charge is 0.112 e. The summed E-state index contributed by atoms with van der Waals surface area (Å²) in [6, 6.07) is 8.40. The maximum absolute atomic E-state index is 3.96. The first kappa shape index (κ1) is 9.86. The van der Waals surface area contributed by atoms with Crippen molar-refractivity contribution in [3.63, 3.8) is 0 Å². The Morgan fingerprint density at radius 3 is 2.67 bits per heavy atom. The second kappa shape index (κ2) is 4.70. The molecule has 2 aromatic rings. The van der Waals surface area contributed by atoms with Gasteiger partial charge in [0.1, 0.15) is 5.69 Å². The van der Waals surface area contributed by atoms with Gasteiger partial charge in [-0.25, -0.2) is 0 Å². The van der Waals surface area contributed by atoms with Crippen LogP contribution in [-0.2, 0) is 6.42 Å². The molecule has 2 N–H and O–H groups in total. The maximum atomic E-state index is 3.96. The Kier molecular flexibility index (Phi) is 3.09. The summed E-state index contributed by atoms with van der Waals surface area (Å²) in [5.41, 5.74) is 3.31. The Morgan fingerprint density at radius 2 is 2.07 bits per heavy atom. The number of rotatable bonds is 4. The van der Waals surface area contributed by atoms with Gasteiger partial charge in [0.25, 0.3) is 0 Å². The Balaban J connectivity index is 2.11. The molecule has 15 heavy (non-hydrogen) atoms. The average molecular weight is 202 g/mol. The summed E-state index contributed by atoms with van der Waals surface area (Å²) in [4.78, 5) is 0. The summed E-state index contributed by atoms with van der Waals surface area (Å²) in [7, 11) is 1.96. The van der Waals surface area contributed by atoms with E-state index in [1.807, 2.05) is 7.05 Å². The van der Waals surface area contributed by atoms with Crippen LogP contribution in [-0.4, -0.2) is 29.0 Å². The van der Waals surface area contributed by atoms with Crippen LogP contribution in [0.5, 0.6) is 0 Å². The summed E-state index contributed by atoms with van der Waals surface area (Å²) in [6.07, 6.45) is 2.85. The van der Waals surface area contributed by atoms with Gasteiger partial charge in [0.15, 0.2) is 0 Å². The minimum Gasteiger partial charge on any atom is -0.319 e. The fourth-order valence-corrected chi connectivity index (χ4v) is 1.45. The zero-order chi connectivity index (χ0) is 10.5. The van der Waals surface area contributed by atoms with Crippen molar-refractivity contribution >= 4 is 0 Å². The van der Waals surface area contributed by atoms with Crippen LogP contribution in [0, 0.1) is 0 Å². The topological polar surface area (TPSA) is 53.6 Å². The largest absolute Gasteiger partial charge is 0.319 e. The molecule has 0 aliphatic rings. The van der Waals surface area contributed by atoms with Crippen LogP contribution in [0.1, 0.15) is 5.56 Å². The number of aromatic nitrogens is 3. The van der Waals surface area contributed by atoms with Crippen molar-refractivity contribution in [2.24, 2.45) is 0 Å². The molecule has 0 bridgehead atoms. The monoisotopic (exact) mass is 202 g/mol. The number of hydrogen-bond donors (Lipinski definition) is 2. The van der Waals surface area contributed by atoms with Gasteiger partial charge in [-0.05, 0) is 25.6 Å². The molecule has 0 amide bonds. The zero-order valence-electron chi connectivity index (χ0n) is 8.70. The first-order valence-corrected chi connectivity index (χ1v) is 5.00. The summed E-state index contributed by atoms with van der Waals surface area (Å²) >= 11 is 0. The molecule has 0 unspecified atom stereocenters. The second-order valence-electron chi connectivity index (χ2n) is 3.41. The summed E-state index contributed by atoms with van der Waals surface area (Å²) in [5.74, 6) is 0. The number of nitrogens with one attached hydrogen (secondary N) is 2. The van der Waals surface area contributed by atoms with E-state index in [1.165, 1.54) is 5.56 Å². The van der Waals surface area contributed by atoms with E-state index in [-0.39, 0.29) is 0 Å². The zero-order valence-corrected chi connectivity index (χ0v) is 8.70. The van der Waals surface area contributed by atoms with E-state index in [4.69, 9.17) is 0 Å². The molecule has 4 nitrogen and oxygen atoms in total. The van der Waals surface area contributed by atoms with E-state index in [1.54, 1.807) is 6.20 Å². The highest BCUT2D eigenvalue weighted by Gasteiger charge is 1.99. The van der Waals surface area contributed by atoms with Gasteiger partial charge in [0.2, 0.25) is 0 Å². The van der Waals surface area contributed by atoms with Crippen LogP contribution in [0.4, 0.5) is 0 Å². The number of benzene rings is 1. The van der Waals surface area contributed by atoms with E-state index in [0.717, 1.165) is 24.2 Å². The first-order valence-electron chi connectivity index (χ1n) is 5.00. The molecule has 0 saturated carbocycles. The Bertz CT molecular complexity index is 391. The molecule has 0 aliphatic carbocycles. The fraction of sp³-hybridized carbons (Fsp3) is 0.273. The molecule has 0 atom stereocenters. The lowest BCUT2D eigenvalue weighted by Crippen LogP contribution is -2.10. The first-order chi connectivity index (χ1) is 7.40. The maximum Gasteiger partial charge on any atom is 0.112 e. The third kappa shape index (κ3) is 2.41. The van der Waals surface area contributed by atoms with Gasteiger partial charge in [-0.15, -0.1) is 5.10 Å². The molecule has 78 valence electrons. The third-order valence-corrected chi connectivity index (χ3v) is 2.33. The van der Waals surface area contributed by atoms with Crippen LogP contribution in [0.15, 0.2) is 30.5 Å². The lowest BCUT2D eigenvalue weighted by atomic mass is 10.1. The summed E-state index contributed by atoms with van der Waals surface area (Å²) < 4.78 is 0. The summed E-state index contributed by atoms with van der Waals surface area (Å²) in [6.45, 7) is 1.00. The van der Waals surface area contributed by atoms with Crippen molar-refractivity contribution in [3.05, 3.63) is 36.0 Å². The SMILES string of the molecule is CNCCc1ccc(-c2c[nH]nn2)cc1. The average Bonchev–Trinajstić information content (AvgIpc) is 2.80. The molecule has 2 rings (SSSR count). The van der Waals surface area contributed by atoms with E-state index in [9.17, 15) is 0 Å². The Hall–Kier alpha value is -1.68. The predicted octanol–water partition coefficient (Wildman–Crippen LogP) is 1.23. The molecule has 0 radical (unpaired) electrons. The lowest BCUT2D eigenvalue weighted by Gasteiger charge is -2.01. The van der Waals surface area contributed by atoms with Crippen molar-refractivity contribution in [2.45, 2.75) is 6.42 Å². The Morgan fingerprint density at radius 1 is 1.27 bits per heavy atom. The number of nitrogens with zero attached hydrogens (tertiary/aromatic N) is 2. The molecule has 0 saturated heterocycles. The van der Waals surface area contributed by atoms with E-state index >= 15 is 0 Å². The molecular formula is C11H14N4. The van der Waals surface area contributed by atoms with Gasteiger partial charge >= 0.3 is 0 Å². The van der Waals surface area contributed by atoms with Crippen LogP contribution in [0.25, 0.3) is 11.3 Å². The van der Waals surface area contributed by atoms with Gasteiger partial charge in [-0.1, -0.05) is 29.5 Å². The van der Waals surface area contributed by atoms with Gasteiger partial charge in [-0.2, -0.15) is 0 Å². The quantitative estimate of drug-likeness (QED) is 0.784. The van der Waals surface area contributed by atoms with Crippen molar-refractivity contribution < 1.29 is 0 Å². The normalized spacial score (nSPS) is 10.5. The molecule has 0 spiro atoms. The van der Waals surface area contributed by atoms with Gasteiger partial charge in [-0.3, -0.25) is 5.10 Å². The van der Waals surface area contributed by atoms with Crippen LogP contribution >= 0.6 is 0 Å². The number of hydrogen-bond acceptors (Lipinski definition) is 3. The second-order valence-corrected chi connectivity index (χ2v) is 3.41. The molecule has 1 heterocycles. The van der Waals surface area contributed by atoms with E-state index < -0.39 is 0 Å². The van der Waals surface area contributed by atoms with Crippen LogP contribution in [0.3, 0.4) is 0 Å². The van der Waals surface area contributed by atoms with Crippen molar-refractivity contribution in [2.75, 3.05) is 13.6 Å². The van der Waals surface area contributed by atoms with Gasteiger partial charge in [0, 0.05) is 11.8 Å². The predicted molar refractivity (Wildman–Crippen MR) is 59.4 cm³/mol. The van der Waals surface area contributed by atoms with E-state index in [2.05, 4.69) is 45.0 Å². The Labute approximate surface area is 88.7 Å². The minimum atomic E-state index is 0.884. The molecule has 1 aromatic heterocycles.